The van der Waals surface area contributed by atoms with Gasteiger partial charge in [0.05, 0.1) is 0 Å². The molecule has 0 aliphatic rings. The molecule has 0 aliphatic heterocycles. The van der Waals surface area contributed by atoms with E-state index in [1.165, 1.54) is 5.56 Å². The fourth-order valence-corrected chi connectivity index (χ4v) is 1.10. The first-order valence-electron chi connectivity index (χ1n) is 5.04. The van der Waals surface area contributed by atoms with E-state index in [1.54, 1.807) is 0 Å². The molecule has 0 radical (unpaired) electrons. The van der Waals surface area contributed by atoms with E-state index in [2.05, 4.69) is 62.9 Å². The predicted octanol–water partition coefficient (Wildman–Crippen LogP) is 3.99. The van der Waals surface area contributed by atoms with Gasteiger partial charge < -0.3 is 0 Å². The lowest BCUT2D eigenvalue weighted by molar-refractivity contribution is 0.545. The van der Waals surface area contributed by atoms with Crippen LogP contribution in [0.5, 0.6) is 0 Å². The molecular formula is C14H18. The summed E-state index contributed by atoms with van der Waals surface area (Å²) in [6.45, 7) is 6.53. The Labute approximate surface area is 87.0 Å². The first-order valence-corrected chi connectivity index (χ1v) is 5.04. The highest BCUT2D eigenvalue weighted by atomic mass is 14.1. The molecule has 0 nitrogen and oxygen atoms in total. The van der Waals surface area contributed by atoms with E-state index in [-0.39, 0.29) is 5.41 Å². The van der Waals surface area contributed by atoms with Gasteiger partial charge in [0.2, 0.25) is 0 Å². The zero-order valence-corrected chi connectivity index (χ0v) is 9.25. The van der Waals surface area contributed by atoms with Gasteiger partial charge in [-0.25, -0.2) is 0 Å². The molecule has 0 spiro atoms. The van der Waals surface area contributed by atoms with Crippen molar-refractivity contribution in [1.82, 2.24) is 0 Å². The maximum Gasteiger partial charge on any atom is -0.00214 e. The monoisotopic (exact) mass is 186 g/mol. The molecule has 0 unspecified atom stereocenters. The second-order valence-electron chi connectivity index (χ2n) is 4.57. The molecule has 0 bridgehead atoms. The molecule has 74 valence electrons. The summed E-state index contributed by atoms with van der Waals surface area (Å²) >= 11 is 0. The van der Waals surface area contributed by atoms with Crippen molar-refractivity contribution in [2.45, 2.75) is 27.2 Å². The number of hydrogen-bond acceptors (Lipinski definition) is 0. The molecule has 0 heteroatoms. The minimum absolute atomic E-state index is 0.229. The summed E-state index contributed by atoms with van der Waals surface area (Å²) in [5.41, 5.74) is 4.79. The van der Waals surface area contributed by atoms with E-state index >= 15 is 0 Å². The van der Waals surface area contributed by atoms with Crippen LogP contribution >= 0.6 is 0 Å². The van der Waals surface area contributed by atoms with Gasteiger partial charge in [0, 0.05) is 0 Å². The summed E-state index contributed by atoms with van der Waals surface area (Å²) in [5.74, 6) is 0. The van der Waals surface area contributed by atoms with Crippen molar-refractivity contribution in [2.75, 3.05) is 0 Å². The molecule has 14 heavy (non-hydrogen) atoms. The summed E-state index contributed by atoms with van der Waals surface area (Å²) < 4.78 is 0. The Bertz CT molecular complexity index is 319. The van der Waals surface area contributed by atoms with Gasteiger partial charge in [-0.05, 0) is 29.6 Å². The molecule has 0 amide bonds. The number of hydrogen-bond donors (Lipinski definition) is 0. The van der Waals surface area contributed by atoms with E-state index in [1.807, 2.05) is 6.07 Å². The minimum Gasteiger partial charge on any atom is -0.129 e. The van der Waals surface area contributed by atoms with E-state index < -0.39 is 0 Å². The maximum absolute atomic E-state index is 3.22. The third kappa shape index (κ3) is 4.69. The Kier molecular flexibility index (Phi) is 3.73. The van der Waals surface area contributed by atoms with Crippen molar-refractivity contribution < 1.29 is 0 Å². The predicted molar refractivity (Wildman–Crippen MR) is 62.3 cm³/mol. The molecule has 0 aliphatic carbocycles. The van der Waals surface area contributed by atoms with Crippen molar-refractivity contribution in [3.8, 4) is 0 Å². The molecule has 1 rings (SSSR count). The van der Waals surface area contributed by atoms with Crippen LogP contribution in [0, 0.1) is 5.41 Å². The Morgan fingerprint density at radius 1 is 1.14 bits per heavy atom. The van der Waals surface area contributed by atoms with Crippen LogP contribution in [0.4, 0.5) is 0 Å². The van der Waals surface area contributed by atoms with E-state index in [0.29, 0.717) is 0 Å². The second kappa shape index (κ2) is 4.83. The van der Waals surface area contributed by atoms with Gasteiger partial charge in [0.25, 0.3) is 0 Å². The van der Waals surface area contributed by atoms with E-state index in [4.69, 9.17) is 0 Å². The fraction of sp³-hybridized carbons (Fsp3) is 0.357. The average Bonchev–Trinajstić information content (AvgIpc) is 2.13. The maximum atomic E-state index is 3.22. The highest BCUT2D eigenvalue weighted by Crippen LogP contribution is 2.13. The second-order valence-corrected chi connectivity index (χ2v) is 4.57. The number of rotatable bonds is 2. The molecule has 1 aromatic rings. The van der Waals surface area contributed by atoms with Gasteiger partial charge in [-0.3, -0.25) is 0 Å². The smallest absolute Gasteiger partial charge is 0.00214 e. The molecule has 0 N–H and O–H groups in total. The minimum atomic E-state index is 0.229. The Hall–Kier alpha value is -1.26. The van der Waals surface area contributed by atoms with Crippen LogP contribution in [0.2, 0.25) is 0 Å². The summed E-state index contributed by atoms with van der Waals surface area (Å²) in [6, 6.07) is 10.4. The van der Waals surface area contributed by atoms with Crippen LogP contribution in [0.1, 0.15) is 26.3 Å². The largest absolute Gasteiger partial charge is 0.129 e. The van der Waals surface area contributed by atoms with Crippen LogP contribution in [-0.2, 0) is 6.42 Å². The first kappa shape index (κ1) is 10.8. The molecule has 0 fully saturated rings. The normalized spacial score (nSPS) is 10.5. The van der Waals surface area contributed by atoms with Gasteiger partial charge in [0.15, 0.2) is 0 Å². The highest BCUT2D eigenvalue weighted by Gasteiger charge is 2.01. The summed E-state index contributed by atoms with van der Waals surface area (Å²) in [4.78, 5) is 0. The van der Waals surface area contributed by atoms with Crippen molar-refractivity contribution in [3.63, 3.8) is 0 Å². The van der Waals surface area contributed by atoms with Crippen molar-refractivity contribution in [1.29, 1.82) is 0 Å². The van der Waals surface area contributed by atoms with Crippen molar-refractivity contribution in [2.24, 2.45) is 5.41 Å². The average molecular weight is 186 g/mol. The quantitative estimate of drug-likeness (QED) is 0.613. The van der Waals surface area contributed by atoms with E-state index in [0.717, 1.165) is 6.42 Å². The third-order valence-electron chi connectivity index (χ3n) is 1.81. The van der Waals surface area contributed by atoms with Gasteiger partial charge in [-0.15, -0.1) is 5.73 Å². The highest BCUT2D eigenvalue weighted by molar-refractivity contribution is 5.17. The summed E-state index contributed by atoms with van der Waals surface area (Å²) in [7, 11) is 0. The van der Waals surface area contributed by atoms with Crippen LogP contribution in [0.25, 0.3) is 0 Å². The van der Waals surface area contributed by atoms with Crippen LogP contribution in [0.3, 0.4) is 0 Å². The zero-order chi connectivity index (χ0) is 10.4. The zero-order valence-electron chi connectivity index (χ0n) is 9.25. The Morgan fingerprint density at radius 3 is 2.36 bits per heavy atom. The van der Waals surface area contributed by atoms with Gasteiger partial charge in [-0.1, -0.05) is 51.1 Å². The molecule has 0 aromatic heterocycles. The molecular weight excluding hydrogens is 168 g/mol. The molecule has 0 heterocycles. The van der Waals surface area contributed by atoms with Crippen LogP contribution < -0.4 is 0 Å². The van der Waals surface area contributed by atoms with E-state index in [9.17, 15) is 0 Å². The number of benzene rings is 1. The van der Waals surface area contributed by atoms with Gasteiger partial charge in [-0.2, -0.15) is 0 Å². The van der Waals surface area contributed by atoms with Crippen molar-refractivity contribution >= 4 is 0 Å². The lowest BCUT2D eigenvalue weighted by Gasteiger charge is -2.08. The lowest BCUT2D eigenvalue weighted by atomic mass is 9.97. The number of allylic oxidation sites excluding steroid dienone is 1. The summed E-state index contributed by atoms with van der Waals surface area (Å²) in [6.07, 6.45) is 5.16. The Balaban J connectivity index is 2.53. The standard InChI is InChI=1S/C14H18/c1-14(2,3)12-8-7-11-13-9-5-4-6-10-13/h4-7,9-10,12H,11H2,1-3H3. The SMILES string of the molecule is CC(C)(C)C=C=CCc1ccccc1. The van der Waals surface area contributed by atoms with Crippen LogP contribution in [-0.4, -0.2) is 0 Å². The molecule has 0 saturated carbocycles. The van der Waals surface area contributed by atoms with Gasteiger partial charge >= 0.3 is 0 Å². The van der Waals surface area contributed by atoms with Crippen molar-refractivity contribution in [3.05, 3.63) is 53.8 Å². The van der Waals surface area contributed by atoms with Gasteiger partial charge in [0.1, 0.15) is 0 Å². The molecule has 1 aromatic carbocycles. The molecule has 0 saturated heterocycles. The molecule has 0 atom stereocenters. The first-order chi connectivity index (χ1) is 6.58. The topological polar surface area (TPSA) is 0 Å². The van der Waals surface area contributed by atoms with Crippen LogP contribution in [0.15, 0.2) is 48.2 Å². The summed E-state index contributed by atoms with van der Waals surface area (Å²) in [5, 5.41) is 0. The fourth-order valence-electron chi connectivity index (χ4n) is 1.10. The third-order valence-corrected chi connectivity index (χ3v) is 1.81. The Morgan fingerprint density at radius 2 is 1.79 bits per heavy atom. The lowest BCUT2D eigenvalue weighted by Crippen LogP contribution is -1.97.